The molecule has 0 unspecified atom stereocenters. The highest BCUT2D eigenvalue weighted by Crippen LogP contribution is 2.37. The van der Waals surface area contributed by atoms with Crippen molar-refractivity contribution in [1.29, 1.82) is 0 Å². The van der Waals surface area contributed by atoms with E-state index in [-0.39, 0.29) is 5.02 Å². The standard InChI is InChI=1S/C17H15ClF3N/c1-11-3-2-4-12-10-22(8-7-14(11)12)13-5-6-15(16(18)9-13)17(19,20)21/h2-6,9H,7-8,10H2,1H3. The molecule has 0 aliphatic carbocycles. The lowest BCUT2D eigenvalue weighted by atomic mass is 9.95. The van der Waals surface area contributed by atoms with Crippen molar-refractivity contribution in [2.45, 2.75) is 26.1 Å². The number of anilines is 1. The maximum atomic E-state index is 12.8. The first-order chi connectivity index (χ1) is 10.4. The molecule has 22 heavy (non-hydrogen) atoms. The summed E-state index contributed by atoms with van der Waals surface area (Å²) in [5.41, 5.74) is 3.78. The molecule has 0 saturated carbocycles. The monoisotopic (exact) mass is 325 g/mol. The van der Waals surface area contributed by atoms with E-state index in [9.17, 15) is 13.2 Å². The zero-order valence-electron chi connectivity index (χ0n) is 12.0. The molecule has 0 amide bonds. The number of alkyl halides is 3. The molecule has 1 aliphatic heterocycles. The molecule has 1 aliphatic rings. The number of halogens is 4. The fourth-order valence-electron chi connectivity index (χ4n) is 2.95. The molecule has 0 saturated heterocycles. The van der Waals surface area contributed by atoms with E-state index in [1.807, 2.05) is 6.07 Å². The largest absolute Gasteiger partial charge is 0.417 e. The highest BCUT2D eigenvalue weighted by atomic mass is 35.5. The van der Waals surface area contributed by atoms with Crippen LogP contribution < -0.4 is 4.90 Å². The Bertz CT molecular complexity index is 710. The topological polar surface area (TPSA) is 3.24 Å². The Morgan fingerprint density at radius 2 is 1.91 bits per heavy atom. The Hall–Kier alpha value is -1.68. The highest BCUT2D eigenvalue weighted by molar-refractivity contribution is 6.31. The predicted octanol–water partition coefficient (Wildman–Crippen LogP) is 5.23. The lowest BCUT2D eigenvalue weighted by Crippen LogP contribution is -2.30. The second kappa shape index (κ2) is 5.51. The molecular weight excluding hydrogens is 311 g/mol. The van der Waals surface area contributed by atoms with E-state index >= 15 is 0 Å². The second-order valence-electron chi connectivity index (χ2n) is 5.55. The van der Waals surface area contributed by atoms with Crippen molar-refractivity contribution in [3.05, 3.63) is 63.7 Å². The third kappa shape index (κ3) is 2.80. The van der Waals surface area contributed by atoms with E-state index in [1.165, 1.54) is 28.8 Å². The molecule has 5 heteroatoms. The number of fused-ring (bicyclic) bond motifs is 1. The smallest absolute Gasteiger partial charge is 0.367 e. The number of hydrogen-bond donors (Lipinski definition) is 0. The van der Waals surface area contributed by atoms with Gasteiger partial charge in [0, 0.05) is 18.8 Å². The predicted molar refractivity (Wildman–Crippen MR) is 82.4 cm³/mol. The van der Waals surface area contributed by atoms with Gasteiger partial charge < -0.3 is 4.90 Å². The minimum absolute atomic E-state index is 0.250. The first kappa shape index (κ1) is 15.2. The summed E-state index contributed by atoms with van der Waals surface area (Å²) in [7, 11) is 0. The molecule has 1 nitrogen and oxygen atoms in total. The minimum Gasteiger partial charge on any atom is -0.367 e. The van der Waals surface area contributed by atoms with Gasteiger partial charge in [-0.3, -0.25) is 0 Å². The summed E-state index contributed by atoms with van der Waals surface area (Å²) < 4.78 is 38.3. The lowest BCUT2D eigenvalue weighted by molar-refractivity contribution is -0.137. The Kier molecular flexibility index (Phi) is 3.81. The Balaban J connectivity index is 1.89. The zero-order valence-corrected chi connectivity index (χ0v) is 12.8. The summed E-state index contributed by atoms with van der Waals surface area (Å²) in [4.78, 5) is 2.06. The molecule has 0 radical (unpaired) electrons. The fourth-order valence-corrected chi connectivity index (χ4v) is 3.23. The number of hydrogen-bond acceptors (Lipinski definition) is 1. The number of aryl methyl sites for hydroxylation is 1. The van der Waals surface area contributed by atoms with E-state index in [0.29, 0.717) is 6.54 Å². The maximum Gasteiger partial charge on any atom is 0.417 e. The van der Waals surface area contributed by atoms with Gasteiger partial charge >= 0.3 is 6.18 Å². The minimum atomic E-state index is -4.42. The van der Waals surface area contributed by atoms with Gasteiger partial charge in [-0.25, -0.2) is 0 Å². The SMILES string of the molecule is Cc1cccc2c1CCN(c1ccc(C(F)(F)F)c(Cl)c1)C2. The molecule has 1 heterocycles. The summed E-state index contributed by atoms with van der Waals surface area (Å²) in [6.45, 7) is 3.56. The number of nitrogens with zero attached hydrogens (tertiary/aromatic N) is 1. The van der Waals surface area contributed by atoms with E-state index in [0.717, 1.165) is 24.7 Å². The summed E-state index contributed by atoms with van der Waals surface area (Å²) in [6, 6.07) is 10.1. The highest BCUT2D eigenvalue weighted by Gasteiger charge is 2.33. The average molecular weight is 326 g/mol. The van der Waals surface area contributed by atoms with Gasteiger partial charge in [-0.15, -0.1) is 0 Å². The van der Waals surface area contributed by atoms with Gasteiger partial charge in [0.15, 0.2) is 0 Å². The quantitative estimate of drug-likeness (QED) is 0.694. The molecule has 0 fully saturated rings. The van der Waals surface area contributed by atoms with Crippen LogP contribution in [0.5, 0.6) is 0 Å². The fraction of sp³-hybridized carbons (Fsp3) is 0.294. The van der Waals surface area contributed by atoms with Crippen molar-refractivity contribution < 1.29 is 13.2 Å². The number of benzene rings is 2. The van der Waals surface area contributed by atoms with Gasteiger partial charge in [0.25, 0.3) is 0 Å². The van der Waals surface area contributed by atoms with Crippen LogP contribution in [0.15, 0.2) is 36.4 Å². The molecule has 0 atom stereocenters. The first-order valence-corrected chi connectivity index (χ1v) is 7.43. The molecule has 3 rings (SSSR count). The van der Waals surface area contributed by atoms with Gasteiger partial charge in [-0.1, -0.05) is 29.8 Å². The van der Waals surface area contributed by atoms with E-state index < -0.39 is 11.7 Å². The van der Waals surface area contributed by atoms with Crippen LogP contribution in [0, 0.1) is 6.92 Å². The van der Waals surface area contributed by atoms with Crippen molar-refractivity contribution >= 4 is 17.3 Å². The average Bonchev–Trinajstić information content (AvgIpc) is 2.45. The Labute approximate surface area is 132 Å². The van der Waals surface area contributed by atoms with Crippen LogP contribution in [0.2, 0.25) is 5.02 Å². The lowest BCUT2D eigenvalue weighted by Gasteiger charge is -2.32. The van der Waals surface area contributed by atoms with Gasteiger partial charge in [-0.05, 0) is 48.2 Å². The van der Waals surface area contributed by atoms with Crippen LogP contribution in [0.1, 0.15) is 22.3 Å². The summed E-state index contributed by atoms with van der Waals surface area (Å²) in [5, 5.41) is -0.250. The molecule has 2 aromatic rings. The van der Waals surface area contributed by atoms with E-state index in [1.54, 1.807) is 0 Å². The summed E-state index contributed by atoms with van der Waals surface area (Å²) in [5.74, 6) is 0. The van der Waals surface area contributed by atoms with E-state index in [2.05, 4.69) is 24.0 Å². The summed E-state index contributed by atoms with van der Waals surface area (Å²) in [6.07, 6.45) is -3.53. The van der Waals surface area contributed by atoms with Crippen LogP contribution in [0.25, 0.3) is 0 Å². The van der Waals surface area contributed by atoms with Crippen LogP contribution in [-0.4, -0.2) is 6.54 Å². The van der Waals surface area contributed by atoms with Crippen molar-refractivity contribution in [2.24, 2.45) is 0 Å². The molecule has 0 aromatic heterocycles. The maximum absolute atomic E-state index is 12.8. The second-order valence-corrected chi connectivity index (χ2v) is 5.95. The Morgan fingerprint density at radius 3 is 2.59 bits per heavy atom. The normalized spacial score (nSPS) is 14.9. The van der Waals surface area contributed by atoms with Gasteiger partial charge in [-0.2, -0.15) is 13.2 Å². The molecule has 0 spiro atoms. The van der Waals surface area contributed by atoms with Gasteiger partial charge in [0.2, 0.25) is 0 Å². The molecule has 116 valence electrons. The Morgan fingerprint density at radius 1 is 1.14 bits per heavy atom. The summed E-state index contributed by atoms with van der Waals surface area (Å²) >= 11 is 5.81. The van der Waals surface area contributed by atoms with Gasteiger partial charge in [0.1, 0.15) is 0 Å². The van der Waals surface area contributed by atoms with Crippen molar-refractivity contribution in [2.75, 3.05) is 11.4 Å². The van der Waals surface area contributed by atoms with Crippen LogP contribution >= 0.6 is 11.6 Å². The molecular formula is C17H15ClF3N. The first-order valence-electron chi connectivity index (χ1n) is 7.05. The van der Waals surface area contributed by atoms with Crippen LogP contribution in [0.4, 0.5) is 18.9 Å². The van der Waals surface area contributed by atoms with Crippen LogP contribution in [0.3, 0.4) is 0 Å². The number of rotatable bonds is 1. The van der Waals surface area contributed by atoms with Crippen molar-refractivity contribution in [3.63, 3.8) is 0 Å². The van der Waals surface area contributed by atoms with Crippen molar-refractivity contribution in [1.82, 2.24) is 0 Å². The third-order valence-corrected chi connectivity index (χ3v) is 4.44. The zero-order chi connectivity index (χ0) is 15.9. The van der Waals surface area contributed by atoms with Crippen LogP contribution in [-0.2, 0) is 19.1 Å². The molecule has 2 aromatic carbocycles. The van der Waals surface area contributed by atoms with Crippen molar-refractivity contribution in [3.8, 4) is 0 Å². The molecule has 0 bridgehead atoms. The van der Waals surface area contributed by atoms with E-state index in [4.69, 9.17) is 11.6 Å². The van der Waals surface area contributed by atoms with Gasteiger partial charge in [0.05, 0.1) is 10.6 Å². The molecule has 0 N–H and O–H groups in total. The third-order valence-electron chi connectivity index (χ3n) is 4.12.